The van der Waals surface area contributed by atoms with E-state index in [1.807, 2.05) is 0 Å². The van der Waals surface area contributed by atoms with Crippen molar-refractivity contribution >= 4 is 5.88 Å². The molecule has 1 aliphatic carbocycles. The van der Waals surface area contributed by atoms with Gasteiger partial charge in [-0.05, 0) is 18.9 Å². The van der Waals surface area contributed by atoms with Crippen LogP contribution in [-0.4, -0.2) is 17.1 Å². The van der Waals surface area contributed by atoms with Gasteiger partial charge in [-0.2, -0.15) is 0 Å². The fraction of sp³-hybridized carbons (Fsp3) is 0.692. The van der Waals surface area contributed by atoms with Crippen molar-refractivity contribution in [2.45, 2.75) is 50.7 Å². The number of ether oxygens (including phenoxy) is 1. The van der Waals surface area contributed by atoms with Gasteiger partial charge in [-0.15, -0.1) is 0 Å². The molecule has 19 heavy (non-hydrogen) atoms. The summed E-state index contributed by atoms with van der Waals surface area (Å²) in [7, 11) is 0. The summed E-state index contributed by atoms with van der Waals surface area (Å²) in [6.45, 7) is 0.703. The minimum Gasteiger partial charge on any atom is -0.403 e. The van der Waals surface area contributed by atoms with E-state index in [9.17, 15) is 10.1 Å². The fourth-order valence-electron chi connectivity index (χ4n) is 2.47. The summed E-state index contributed by atoms with van der Waals surface area (Å²) in [4.78, 5) is 9.92. The third-order valence-electron chi connectivity index (χ3n) is 3.56. The number of nitrogens with two attached hydrogens (primary N) is 1. The predicted octanol–water partition coefficient (Wildman–Crippen LogP) is 2.76. The lowest BCUT2D eigenvalue weighted by Crippen LogP contribution is -2.43. The molecule has 106 valence electrons. The number of nitrogens with zero attached hydrogens (tertiary/aromatic N) is 1. The van der Waals surface area contributed by atoms with Crippen LogP contribution in [0.1, 0.15) is 44.3 Å². The van der Waals surface area contributed by atoms with Gasteiger partial charge >= 0.3 is 5.88 Å². The smallest absolute Gasteiger partial charge is 0.403 e. The van der Waals surface area contributed by atoms with Crippen LogP contribution in [0.5, 0.6) is 0 Å². The molecule has 0 amide bonds. The van der Waals surface area contributed by atoms with Gasteiger partial charge < -0.3 is 14.9 Å². The Morgan fingerprint density at radius 1 is 1.32 bits per heavy atom. The topological polar surface area (TPSA) is 91.5 Å². The second-order valence-electron chi connectivity index (χ2n) is 5.27. The number of hydrogen-bond donors (Lipinski definition) is 1. The van der Waals surface area contributed by atoms with Crippen molar-refractivity contribution in [2.24, 2.45) is 5.73 Å². The van der Waals surface area contributed by atoms with Gasteiger partial charge in [0, 0.05) is 5.54 Å². The van der Waals surface area contributed by atoms with Crippen molar-refractivity contribution in [1.82, 2.24) is 0 Å². The molecule has 2 rings (SSSR count). The minimum atomic E-state index is -0.556. The van der Waals surface area contributed by atoms with Crippen LogP contribution in [0, 0.1) is 10.1 Å². The van der Waals surface area contributed by atoms with E-state index in [1.54, 1.807) is 6.07 Å². The molecule has 1 aromatic rings. The summed E-state index contributed by atoms with van der Waals surface area (Å²) in [5.74, 6) is 0.208. The molecule has 0 bridgehead atoms. The Labute approximate surface area is 112 Å². The molecule has 2 N–H and O–H groups in total. The summed E-state index contributed by atoms with van der Waals surface area (Å²) in [6.07, 6.45) is 6.72. The molecule has 0 spiro atoms. The van der Waals surface area contributed by atoms with E-state index in [1.165, 1.54) is 18.9 Å². The summed E-state index contributed by atoms with van der Waals surface area (Å²) in [5.41, 5.74) is 6.06. The summed E-state index contributed by atoms with van der Waals surface area (Å²) >= 11 is 0. The molecular formula is C13H20N2O4. The van der Waals surface area contributed by atoms with Crippen LogP contribution in [0.15, 0.2) is 16.5 Å². The molecule has 0 atom stereocenters. The van der Waals surface area contributed by atoms with Gasteiger partial charge in [-0.1, -0.05) is 25.7 Å². The van der Waals surface area contributed by atoms with Crippen LogP contribution in [0.4, 0.5) is 5.88 Å². The molecule has 0 radical (unpaired) electrons. The molecule has 0 aliphatic heterocycles. The fourth-order valence-corrected chi connectivity index (χ4v) is 2.47. The maximum atomic E-state index is 10.5. The van der Waals surface area contributed by atoms with Crippen LogP contribution in [-0.2, 0) is 11.3 Å². The highest BCUT2D eigenvalue weighted by Crippen LogP contribution is 2.25. The summed E-state index contributed by atoms with van der Waals surface area (Å²) in [6, 6.07) is 2.90. The average Bonchev–Trinajstić information content (AvgIpc) is 2.73. The van der Waals surface area contributed by atoms with E-state index in [0.717, 1.165) is 25.7 Å². The van der Waals surface area contributed by atoms with Gasteiger partial charge in [0.25, 0.3) is 0 Å². The quantitative estimate of drug-likeness (QED) is 0.503. The van der Waals surface area contributed by atoms with Crippen molar-refractivity contribution in [3.8, 4) is 0 Å². The first kappa shape index (κ1) is 14.0. The highest BCUT2D eigenvalue weighted by Gasteiger charge is 2.26. The Hall–Kier alpha value is -1.40. The molecule has 0 unspecified atom stereocenters. The Morgan fingerprint density at radius 2 is 2.00 bits per heavy atom. The number of furan rings is 1. The lowest BCUT2D eigenvalue weighted by Gasteiger charge is -2.27. The van der Waals surface area contributed by atoms with E-state index < -0.39 is 4.92 Å². The summed E-state index contributed by atoms with van der Waals surface area (Å²) < 4.78 is 10.6. The first-order chi connectivity index (χ1) is 9.09. The van der Waals surface area contributed by atoms with E-state index in [4.69, 9.17) is 14.9 Å². The molecule has 6 nitrogen and oxygen atoms in total. The Bertz CT molecular complexity index is 422. The second kappa shape index (κ2) is 6.16. The molecular weight excluding hydrogens is 248 g/mol. The van der Waals surface area contributed by atoms with Crippen molar-refractivity contribution < 1.29 is 14.1 Å². The molecule has 0 saturated heterocycles. The Balaban J connectivity index is 1.80. The number of rotatable bonds is 5. The van der Waals surface area contributed by atoms with Crippen molar-refractivity contribution in [2.75, 3.05) is 6.61 Å². The largest absolute Gasteiger partial charge is 0.433 e. The van der Waals surface area contributed by atoms with Gasteiger partial charge in [0.05, 0.1) is 12.7 Å². The third-order valence-corrected chi connectivity index (χ3v) is 3.56. The van der Waals surface area contributed by atoms with Crippen molar-refractivity contribution in [1.29, 1.82) is 0 Å². The number of hydrogen-bond acceptors (Lipinski definition) is 5. The summed E-state index contributed by atoms with van der Waals surface area (Å²) in [5, 5.41) is 10.5. The van der Waals surface area contributed by atoms with Gasteiger partial charge in [0.1, 0.15) is 17.3 Å². The van der Waals surface area contributed by atoms with Crippen molar-refractivity contribution in [3.63, 3.8) is 0 Å². The van der Waals surface area contributed by atoms with Gasteiger partial charge in [-0.25, -0.2) is 0 Å². The normalized spacial score (nSPS) is 19.0. The van der Waals surface area contributed by atoms with E-state index in [0.29, 0.717) is 12.4 Å². The van der Waals surface area contributed by atoms with Crippen LogP contribution < -0.4 is 5.73 Å². The van der Waals surface area contributed by atoms with Crippen LogP contribution in [0.2, 0.25) is 0 Å². The molecule has 1 fully saturated rings. The van der Waals surface area contributed by atoms with E-state index in [-0.39, 0.29) is 18.0 Å². The number of nitro groups is 1. The maximum absolute atomic E-state index is 10.5. The Morgan fingerprint density at radius 3 is 2.58 bits per heavy atom. The highest BCUT2D eigenvalue weighted by atomic mass is 16.6. The maximum Gasteiger partial charge on any atom is 0.433 e. The minimum absolute atomic E-state index is 0.229. The average molecular weight is 268 g/mol. The zero-order valence-corrected chi connectivity index (χ0v) is 11.0. The van der Waals surface area contributed by atoms with Gasteiger partial charge in [0.2, 0.25) is 0 Å². The molecule has 1 aliphatic rings. The SMILES string of the molecule is NC1(COCc2ccc([N+](=O)[O-])o2)CCCCCC1. The van der Waals surface area contributed by atoms with Crippen LogP contribution in [0.3, 0.4) is 0 Å². The van der Waals surface area contributed by atoms with E-state index in [2.05, 4.69) is 0 Å². The monoisotopic (exact) mass is 268 g/mol. The first-order valence-electron chi connectivity index (χ1n) is 6.69. The standard InChI is InChI=1S/C13H20N2O4/c14-13(7-3-1-2-4-8-13)10-18-9-11-5-6-12(19-11)15(16)17/h5-6H,1-4,7-10,14H2. The molecule has 6 heteroatoms. The highest BCUT2D eigenvalue weighted by molar-refractivity contribution is 5.17. The lowest BCUT2D eigenvalue weighted by molar-refractivity contribution is -0.402. The van der Waals surface area contributed by atoms with E-state index >= 15 is 0 Å². The molecule has 1 aromatic heterocycles. The zero-order valence-electron chi connectivity index (χ0n) is 11.0. The third kappa shape index (κ3) is 4.04. The van der Waals surface area contributed by atoms with Crippen LogP contribution >= 0.6 is 0 Å². The van der Waals surface area contributed by atoms with Crippen LogP contribution in [0.25, 0.3) is 0 Å². The zero-order chi connectivity index (χ0) is 13.7. The van der Waals surface area contributed by atoms with Gasteiger partial charge in [-0.3, -0.25) is 10.1 Å². The molecule has 1 saturated carbocycles. The Kier molecular flexibility index (Phi) is 4.55. The first-order valence-corrected chi connectivity index (χ1v) is 6.69. The molecule has 1 heterocycles. The second-order valence-corrected chi connectivity index (χ2v) is 5.27. The van der Waals surface area contributed by atoms with Gasteiger partial charge in [0.15, 0.2) is 0 Å². The predicted molar refractivity (Wildman–Crippen MR) is 69.6 cm³/mol. The van der Waals surface area contributed by atoms with Crippen molar-refractivity contribution in [3.05, 3.63) is 28.0 Å². The molecule has 0 aromatic carbocycles. The lowest BCUT2D eigenvalue weighted by atomic mass is 9.93.